The van der Waals surface area contributed by atoms with E-state index in [4.69, 9.17) is 0 Å². The summed E-state index contributed by atoms with van der Waals surface area (Å²) in [4.78, 5) is 43.8. The van der Waals surface area contributed by atoms with Crippen LogP contribution in [0.25, 0.3) is 0 Å². The van der Waals surface area contributed by atoms with Gasteiger partial charge >= 0.3 is 29.6 Å². The van der Waals surface area contributed by atoms with E-state index in [1.54, 1.807) is 19.4 Å². The molecule has 1 N–H and O–H groups in total. The maximum absolute atomic E-state index is 13.5. The van der Waals surface area contributed by atoms with Crippen LogP contribution in [0.1, 0.15) is 70.4 Å². The fourth-order valence-electron chi connectivity index (χ4n) is 4.98. The zero-order valence-corrected chi connectivity index (χ0v) is 21.3. The summed E-state index contributed by atoms with van der Waals surface area (Å²) in [5.74, 6) is -2.20. The molecule has 0 spiro atoms. The van der Waals surface area contributed by atoms with Crippen molar-refractivity contribution in [3.8, 4) is 0 Å². The van der Waals surface area contributed by atoms with Gasteiger partial charge in [-0.3, -0.25) is 9.59 Å². The molecule has 0 bridgehead atoms. The van der Waals surface area contributed by atoms with E-state index in [-0.39, 0.29) is 53.2 Å². The van der Waals surface area contributed by atoms with Gasteiger partial charge in [0.2, 0.25) is 11.8 Å². The number of aliphatic carboxylic acids is 1. The first-order valence-electron chi connectivity index (χ1n) is 10.2. The van der Waals surface area contributed by atoms with Crippen LogP contribution >= 0.6 is 23.1 Å². The molecule has 0 aromatic carbocycles. The number of thioether (sulfide) groups is 1. The van der Waals surface area contributed by atoms with E-state index in [1.807, 2.05) is 5.38 Å². The second kappa shape index (κ2) is 9.10. The molecule has 1 aliphatic carbocycles. The summed E-state index contributed by atoms with van der Waals surface area (Å²) < 4.78 is -0.907. The molecule has 1 aromatic rings. The quantitative estimate of drug-likeness (QED) is 0.426. The van der Waals surface area contributed by atoms with Crippen molar-refractivity contribution in [2.75, 3.05) is 0 Å². The molecule has 1 unspecified atom stereocenters. The smallest absolute Gasteiger partial charge is 0.545 e. The molecule has 7 nitrogen and oxygen atoms in total. The summed E-state index contributed by atoms with van der Waals surface area (Å²) in [6.07, 6.45) is 6.63. The number of thiazole rings is 1. The third-order valence-electron chi connectivity index (χ3n) is 6.59. The van der Waals surface area contributed by atoms with Crippen LogP contribution in [0.3, 0.4) is 0 Å². The number of amides is 2. The minimum Gasteiger partial charge on any atom is -0.545 e. The molecule has 158 valence electrons. The van der Waals surface area contributed by atoms with Gasteiger partial charge in [0.15, 0.2) is 5.66 Å². The number of fused-ring (bicyclic) bond motifs is 1. The largest absolute Gasteiger partial charge is 1.00 e. The average Bonchev–Trinajstić information content (AvgIpc) is 3.24. The molecule has 10 heteroatoms. The first kappa shape index (κ1) is 24.0. The number of carboxylic acid groups (broad SMARTS) is 1. The monoisotopic (exact) mass is 459 g/mol. The third-order valence-corrected chi connectivity index (χ3v) is 8.73. The van der Waals surface area contributed by atoms with Crippen LogP contribution in [0.4, 0.5) is 0 Å². The van der Waals surface area contributed by atoms with E-state index >= 15 is 0 Å². The molecule has 2 saturated heterocycles. The van der Waals surface area contributed by atoms with E-state index in [9.17, 15) is 19.5 Å². The Kier molecular flexibility index (Phi) is 7.29. The number of β-lactam (4-membered cyclic amide) rings is 1. The molecule has 3 fully saturated rings. The van der Waals surface area contributed by atoms with Crippen molar-refractivity contribution < 1.29 is 49.0 Å². The number of nitrogens with one attached hydrogen (secondary N) is 1. The van der Waals surface area contributed by atoms with E-state index in [1.165, 1.54) is 34.4 Å². The Hall–Kier alpha value is -0.610. The Morgan fingerprint density at radius 3 is 2.60 bits per heavy atom. The Morgan fingerprint density at radius 1 is 1.33 bits per heavy atom. The van der Waals surface area contributed by atoms with E-state index < -0.39 is 22.3 Å². The Bertz CT molecular complexity index is 813. The van der Waals surface area contributed by atoms with Gasteiger partial charge in [-0.2, -0.15) is 0 Å². The summed E-state index contributed by atoms with van der Waals surface area (Å²) in [6.45, 7) is 3.50. The number of nitrogens with zero attached hydrogens (tertiary/aromatic N) is 2. The second-order valence-corrected chi connectivity index (χ2v) is 11.3. The average molecular weight is 460 g/mol. The van der Waals surface area contributed by atoms with Gasteiger partial charge in [-0.25, -0.2) is 4.98 Å². The van der Waals surface area contributed by atoms with E-state index in [0.29, 0.717) is 18.0 Å². The number of hydrogen-bond acceptors (Lipinski definition) is 7. The van der Waals surface area contributed by atoms with Gasteiger partial charge in [-0.1, -0.05) is 32.1 Å². The normalized spacial score (nSPS) is 28.8. The van der Waals surface area contributed by atoms with Crippen molar-refractivity contribution in [3.63, 3.8) is 0 Å². The van der Waals surface area contributed by atoms with Crippen LogP contribution in [0.2, 0.25) is 0 Å². The van der Waals surface area contributed by atoms with Crippen molar-refractivity contribution >= 4 is 40.9 Å². The molecule has 1 aromatic heterocycles. The fraction of sp³-hybridized carbons (Fsp3) is 0.700. The van der Waals surface area contributed by atoms with Crippen LogP contribution < -0.4 is 40.0 Å². The number of hydrogen-bond donors (Lipinski definition) is 1. The van der Waals surface area contributed by atoms with Gasteiger partial charge in [0, 0.05) is 5.38 Å². The molecular formula is C20H26N3NaO4S2. The van der Waals surface area contributed by atoms with Crippen LogP contribution in [-0.4, -0.2) is 43.5 Å². The number of rotatable bonds is 6. The van der Waals surface area contributed by atoms with Gasteiger partial charge in [-0.05, 0) is 26.2 Å². The van der Waals surface area contributed by atoms with E-state index in [2.05, 4.69) is 10.3 Å². The van der Waals surface area contributed by atoms with Crippen LogP contribution in [0, 0.1) is 5.92 Å². The summed E-state index contributed by atoms with van der Waals surface area (Å²) in [5, 5.41) is 16.7. The molecule has 3 heterocycles. The molecule has 0 radical (unpaired) electrons. The molecule has 4 rings (SSSR count). The number of carboxylic acids is 1. The third kappa shape index (κ3) is 3.96. The maximum Gasteiger partial charge on any atom is 1.00 e. The standard InChI is InChI=1S/C20H27N3O4S2.Na/c1-19(2)20(18(26)27,23-15(24)9-16(23)29-19)22-17(25)13(14-10-28-11-21-14)8-12-6-4-3-5-7-12;/h10-13,16H,3-9H2,1-2H3,(H,22,25)(H,26,27);/q;+1/p-1/t13?,16-,20+;/m1./s1. The first-order valence-corrected chi connectivity index (χ1v) is 12.0. The summed E-state index contributed by atoms with van der Waals surface area (Å²) in [6, 6.07) is 0. The van der Waals surface area contributed by atoms with Gasteiger partial charge in [-0.15, -0.1) is 23.1 Å². The summed E-state index contributed by atoms with van der Waals surface area (Å²) >= 11 is 2.82. The number of carbonyl (C=O) groups excluding carboxylic acids is 3. The van der Waals surface area contributed by atoms with Crippen molar-refractivity contribution in [2.24, 2.45) is 5.92 Å². The summed E-state index contributed by atoms with van der Waals surface area (Å²) in [5.41, 5.74) is 0.506. The number of carbonyl (C=O) groups is 3. The minimum atomic E-state index is -1.85. The van der Waals surface area contributed by atoms with Gasteiger partial charge in [0.05, 0.1) is 39.6 Å². The minimum absolute atomic E-state index is 0. The van der Waals surface area contributed by atoms with Crippen molar-refractivity contribution in [1.82, 2.24) is 15.2 Å². The molecule has 2 amide bonds. The molecule has 1 saturated carbocycles. The van der Waals surface area contributed by atoms with Crippen LogP contribution in [0.5, 0.6) is 0 Å². The Balaban J connectivity index is 0.00000256. The van der Waals surface area contributed by atoms with E-state index in [0.717, 1.165) is 25.7 Å². The molecule has 3 atom stereocenters. The molecular weight excluding hydrogens is 433 g/mol. The zero-order chi connectivity index (χ0) is 20.8. The van der Waals surface area contributed by atoms with Gasteiger partial charge in [0.25, 0.3) is 0 Å². The Morgan fingerprint density at radius 2 is 2.03 bits per heavy atom. The SMILES string of the molecule is CC1(C)S[C@@H]2CC(=O)N2[C@@]1(NC(=O)C(CC1CCCCC1)c1cscn1)C(=O)[O-].[Na+]. The molecule has 3 aliphatic rings. The fourth-order valence-corrected chi connectivity index (χ4v) is 7.28. The predicted molar refractivity (Wildman–Crippen MR) is 109 cm³/mol. The molecule has 2 aliphatic heterocycles. The van der Waals surface area contributed by atoms with Crippen LogP contribution in [0.15, 0.2) is 10.9 Å². The first-order chi connectivity index (χ1) is 13.8. The zero-order valence-electron chi connectivity index (χ0n) is 17.7. The van der Waals surface area contributed by atoms with Gasteiger partial charge < -0.3 is 20.1 Å². The predicted octanol–water partition coefficient (Wildman–Crippen LogP) is -1.15. The maximum atomic E-state index is 13.5. The van der Waals surface area contributed by atoms with Crippen molar-refractivity contribution in [1.29, 1.82) is 0 Å². The van der Waals surface area contributed by atoms with Gasteiger partial charge in [0.1, 0.15) is 0 Å². The van der Waals surface area contributed by atoms with Crippen molar-refractivity contribution in [3.05, 3.63) is 16.6 Å². The topological polar surface area (TPSA) is 102 Å². The van der Waals surface area contributed by atoms with Crippen molar-refractivity contribution in [2.45, 2.75) is 80.5 Å². The summed E-state index contributed by atoms with van der Waals surface area (Å²) in [7, 11) is 0. The molecule has 30 heavy (non-hydrogen) atoms. The Labute approximate surface area is 207 Å². The number of aromatic nitrogens is 1. The van der Waals surface area contributed by atoms with Crippen LogP contribution in [-0.2, 0) is 14.4 Å². The second-order valence-electron chi connectivity index (χ2n) is 8.74.